The number of allylic oxidation sites excluding steroid dienone is 3. The Hall–Kier alpha value is -1.58. The Morgan fingerprint density at radius 1 is 1.29 bits per heavy atom. The molecule has 0 aromatic heterocycles. The smallest absolute Gasteiger partial charge is 0.328 e. The van der Waals surface area contributed by atoms with E-state index in [4.69, 9.17) is 5.11 Å². The standard InChI is InChI=1S/C20H30O4/c1-13(12-17(21)22)9-11-19(3)14(2)7-8-16-15(19)6-5-10-20(16,4)18(23)24/h6,12,14,16H,5,7-11H2,1-4H3,(H,21,22)(H,23,24)/b13-12-/t14-,16+,19+,20+/m1/s1. The van der Waals surface area contributed by atoms with Crippen molar-refractivity contribution in [2.24, 2.45) is 22.7 Å². The summed E-state index contributed by atoms with van der Waals surface area (Å²) in [7, 11) is 0. The third-order valence-electron chi connectivity index (χ3n) is 6.71. The van der Waals surface area contributed by atoms with E-state index >= 15 is 0 Å². The molecule has 1 fully saturated rings. The maximum Gasteiger partial charge on any atom is 0.328 e. The molecule has 2 N–H and O–H groups in total. The van der Waals surface area contributed by atoms with Crippen molar-refractivity contribution >= 4 is 11.9 Å². The van der Waals surface area contributed by atoms with E-state index in [1.54, 1.807) is 0 Å². The molecule has 2 aliphatic rings. The molecule has 0 radical (unpaired) electrons. The summed E-state index contributed by atoms with van der Waals surface area (Å²) >= 11 is 0. The van der Waals surface area contributed by atoms with Crippen LogP contribution in [0.1, 0.15) is 66.2 Å². The molecular formula is C20H30O4. The predicted molar refractivity (Wildman–Crippen MR) is 93.7 cm³/mol. The Bertz CT molecular complexity index is 588. The van der Waals surface area contributed by atoms with E-state index in [9.17, 15) is 14.7 Å². The van der Waals surface area contributed by atoms with E-state index in [1.807, 2.05) is 13.8 Å². The van der Waals surface area contributed by atoms with Crippen LogP contribution in [0.4, 0.5) is 0 Å². The fourth-order valence-electron chi connectivity index (χ4n) is 4.70. The molecule has 0 unspecified atom stereocenters. The Morgan fingerprint density at radius 2 is 1.96 bits per heavy atom. The number of aliphatic carboxylic acids is 2. The highest BCUT2D eigenvalue weighted by Gasteiger charge is 2.52. The van der Waals surface area contributed by atoms with Crippen molar-refractivity contribution in [1.82, 2.24) is 0 Å². The number of fused-ring (bicyclic) bond motifs is 1. The minimum absolute atomic E-state index is 0.0480. The van der Waals surface area contributed by atoms with Crippen molar-refractivity contribution in [3.8, 4) is 0 Å². The van der Waals surface area contributed by atoms with Crippen molar-refractivity contribution in [2.75, 3.05) is 0 Å². The second-order valence-corrected chi connectivity index (χ2v) is 8.20. The molecule has 2 rings (SSSR count). The van der Waals surface area contributed by atoms with Crippen LogP contribution in [0.25, 0.3) is 0 Å². The van der Waals surface area contributed by atoms with Crippen LogP contribution in [-0.2, 0) is 9.59 Å². The van der Waals surface area contributed by atoms with Gasteiger partial charge in [-0.15, -0.1) is 0 Å². The minimum Gasteiger partial charge on any atom is -0.481 e. The van der Waals surface area contributed by atoms with Gasteiger partial charge < -0.3 is 10.2 Å². The van der Waals surface area contributed by atoms with Crippen molar-refractivity contribution in [3.05, 3.63) is 23.3 Å². The van der Waals surface area contributed by atoms with E-state index in [-0.39, 0.29) is 11.3 Å². The van der Waals surface area contributed by atoms with E-state index in [0.29, 0.717) is 12.3 Å². The lowest BCUT2D eigenvalue weighted by molar-refractivity contribution is -0.152. The molecule has 2 aliphatic carbocycles. The zero-order valence-corrected chi connectivity index (χ0v) is 15.3. The number of carbonyl (C=O) groups is 2. The molecule has 0 spiro atoms. The van der Waals surface area contributed by atoms with Crippen LogP contribution in [0.3, 0.4) is 0 Å². The minimum atomic E-state index is -0.900. The monoisotopic (exact) mass is 334 g/mol. The summed E-state index contributed by atoms with van der Waals surface area (Å²) in [5, 5.41) is 18.7. The van der Waals surface area contributed by atoms with Gasteiger partial charge in [-0.1, -0.05) is 31.1 Å². The van der Waals surface area contributed by atoms with Gasteiger partial charge in [-0.2, -0.15) is 0 Å². The zero-order valence-electron chi connectivity index (χ0n) is 15.3. The zero-order chi connectivity index (χ0) is 18.1. The Labute approximate surface area is 144 Å². The van der Waals surface area contributed by atoms with E-state index in [0.717, 1.165) is 37.7 Å². The topological polar surface area (TPSA) is 74.6 Å². The second-order valence-electron chi connectivity index (χ2n) is 8.20. The molecule has 134 valence electrons. The van der Waals surface area contributed by atoms with Gasteiger partial charge in [0.2, 0.25) is 0 Å². The van der Waals surface area contributed by atoms with Crippen LogP contribution in [0.15, 0.2) is 23.3 Å². The summed E-state index contributed by atoms with van der Waals surface area (Å²) in [5.74, 6) is -0.998. The molecule has 0 aliphatic heterocycles. The van der Waals surface area contributed by atoms with Crippen LogP contribution in [0, 0.1) is 22.7 Å². The first kappa shape index (κ1) is 18.8. The average Bonchev–Trinajstić information content (AvgIpc) is 2.49. The SMILES string of the molecule is C/C(=C/C(=O)O)CC[C@]1(C)C2=CCC[C@](C)(C(=O)O)[C@H]2CC[C@H]1C. The average molecular weight is 334 g/mol. The van der Waals surface area contributed by atoms with Crippen LogP contribution in [0.5, 0.6) is 0 Å². The number of hydrogen-bond acceptors (Lipinski definition) is 2. The molecule has 24 heavy (non-hydrogen) atoms. The largest absolute Gasteiger partial charge is 0.481 e. The van der Waals surface area contributed by atoms with Crippen molar-refractivity contribution < 1.29 is 19.8 Å². The third kappa shape index (κ3) is 3.28. The van der Waals surface area contributed by atoms with Gasteiger partial charge in [-0.25, -0.2) is 4.79 Å². The van der Waals surface area contributed by atoms with Crippen LogP contribution < -0.4 is 0 Å². The van der Waals surface area contributed by atoms with Gasteiger partial charge in [0.25, 0.3) is 0 Å². The van der Waals surface area contributed by atoms with Gasteiger partial charge in [0, 0.05) is 6.08 Å². The second kappa shape index (κ2) is 6.73. The molecule has 0 bridgehead atoms. The van der Waals surface area contributed by atoms with Gasteiger partial charge in [-0.05, 0) is 69.6 Å². The summed E-state index contributed by atoms with van der Waals surface area (Å²) in [5.41, 5.74) is 1.46. The first-order chi connectivity index (χ1) is 11.1. The van der Waals surface area contributed by atoms with Gasteiger partial charge in [0.05, 0.1) is 5.41 Å². The van der Waals surface area contributed by atoms with Gasteiger partial charge in [-0.3, -0.25) is 4.79 Å². The summed E-state index contributed by atoms with van der Waals surface area (Å²) in [6, 6.07) is 0. The van der Waals surface area contributed by atoms with Gasteiger partial charge >= 0.3 is 11.9 Å². The maximum atomic E-state index is 11.9. The van der Waals surface area contributed by atoms with Crippen molar-refractivity contribution in [2.45, 2.75) is 66.2 Å². The summed E-state index contributed by atoms with van der Waals surface area (Å²) < 4.78 is 0. The lowest BCUT2D eigenvalue weighted by Gasteiger charge is -2.52. The number of hydrogen-bond donors (Lipinski definition) is 2. The van der Waals surface area contributed by atoms with Gasteiger partial charge in [0.1, 0.15) is 0 Å². The fourth-order valence-corrected chi connectivity index (χ4v) is 4.70. The summed E-state index contributed by atoms with van der Waals surface area (Å²) in [4.78, 5) is 22.7. The number of carboxylic acid groups (broad SMARTS) is 2. The highest BCUT2D eigenvalue weighted by atomic mass is 16.4. The first-order valence-corrected chi connectivity index (χ1v) is 8.95. The quantitative estimate of drug-likeness (QED) is 0.566. The Balaban J connectivity index is 2.29. The lowest BCUT2D eigenvalue weighted by atomic mass is 9.51. The van der Waals surface area contributed by atoms with Crippen molar-refractivity contribution in [3.63, 3.8) is 0 Å². The molecule has 4 nitrogen and oxygen atoms in total. The molecule has 1 saturated carbocycles. The summed E-state index contributed by atoms with van der Waals surface area (Å²) in [6.07, 6.45) is 8.67. The van der Waals surface area contributed by atoms with Crippen LogP contribution >= 0.6 is 0 Å². The number of carboxylic acids is 2. The van der Waals surface area contributed by atoms with Crippen molar-refractivity contribution in [1.29, 1.82) is 0 Å². The molecule has 4 atom stereocenters. The highest BCUT2D eigenvalue weighted by Crippen LogP contribution is 2.58. The maximum absolute atomic E-state index is 11.9. The predicted octanol–water partition coefficient (Wildman–Crippen LogP) is 4.66. The molecule has 0 heterocycles. The summed E-state index contributed by atoms with van der Waals surface area (Å²) in [6.45, 7) is 8.26. The van der Waals surface area contributed by atoms with E-state index < -0.39 is 17.4 Å². The highest BCUT2D eigenvalue weighted by molar-refractivity contribution is 5.80. The Kier molecular flexibility index (Phi) is 5.26. The molecule has 0 amide bonds. The number of rotatable bonds is 5. The molecular weight excluding hydrogens is 304 g/mol. The molecule has 0 aromatic rings. The van der Waals surface area contributed by atoms with E-state index in [1.165, 1.54) is 11.6 Å². The first-order valence-electron chi connectivity index (χ1n) is 8.95. The fraction of sp³-hybridized carbons (Fsp3) is 0.700. The lowest BCUT2D eigenvalue weighted by Crippen LogP contribution is -2.47. The molecule has 0 aromatic carbocycles. The Morgan fingerprint density at radius 3 is 2.54 bits per heavy atom. The van der Waals surface area contributed by atoms with E-state index in [2.05, 4.69) is 19.9 Å². The van der Waals surface area contributed by atoms with Crippen LogP contribution in [0.2, 0.25) is 0 Å². The van der Waals surface area contributed by atoms with Gasteiger partial charge in [0.15, 0.2) is 0 Å². The normalized spacial score (nSPS) is 36.7. The third-order valence-corrected chi connectivity index (χ3v) is 6.71. The molecule has 0 saturated heterocycles. The molecule has 4 heteroatoms. The van der Waals surface area contributed by atoms with Crippen LogP contribution in [-0.4, -0.2) is 22.2 Å².